The molecule has 0 saturated heterocycles. The number of anilines is 1. The maximum absolute atomic E-state index is 14.7. The summed E-state index contributed by atoms with van der Waals surface area (Å²) in [5.41, 5.74) is 10.1. The SMILES string of the molecule is CCn1nccc1Cn1cc(-c2nc(-c3cccc(C)c3C)nc(N)c2F)nn1. The molecule has 1 aromatic carbocycles. The van der Waals surface area contributed by atoms with Crippen molar-refractivity contribution in [1.82, 2.24) is 34.7 Å². The number of hydrogen-bond donors (Lipinski definition) is 1. The Morgan fingerprint density at radius 1 is 1.14 bits per heavy atom. The number of benzene rings is 1. The van der Waals surface area contributed by atoms with Crippen molar-refractivity contribution in [2.75, 3.05) is 5.73 Å². The van der Waals surface area contributed by atoms with E-state index in [0.717, 1.165) is 28.9 Å². The third kappa shape index (κ3) is 3.46. The van der Waals surface area contributed by atoms with Crippen molar-refractivity contribution in [3.8, 4) is 22.8 Å². The lowest BCUT2D eigenvalue weighted by Crippen LogP contribution is -2.08. The van der Waals surface area contributed by atoms with Crippen LogP contribution in [0.4, 0.5) is 10.2 Å². The number of nitrogens with zero attached hydrogens (tertiary/aromatic N) is 7. The minimum atomic E-state index is -0.704. The predicted molar refractivity (Wildman–Crippen MR) is 107 cm³/mol. The zero-order chi connectivity index (χ0) is 20.5. The van der Waals surface area contributed by atoms with E-state index in [2.05, 4.69) is 25.4 Å². The van der Waals surface area contributed by atoms with Crippen LogP contribution in [-0.2, 0) is 13.1 Å². The monoisotopic (exact) mass is 392 g/mol. The molecule has 0 radical (unpaired) electrons. The molecule has 29 heavy (non-hydrogen) atoms. The molecule has 0 atom stereocenters. The number of nitrogen functional groups attached to an aromatic ring is 1. The molecule has 0 saturated carbocycles. The highest BCUT2D eigenvalue weighted by Gasteiger charge is 2.19. The van der Waals surface area contributed by atoms with Crippen LogP contribution in [0.15, 0.2) is 36.7 Å². The Hall–Kier alpha value is -3.62. The Morgan fingerprint density at radius 3 is 2.76 bits per heavy atom. The third-order valence-electron chi connectivity index (χ3n) is 4.93. The molecule has 4 aromatic rings. The summed E-state index contributed by atoms with van der Waals surface area (Å²) < 4.78 is 18.2. The number of rotatable bonds is 5. The van der Waals surface area contributed by atoms with E-state index < -0.39 is 5.82 Å². The predicted octanol–water partition coefficient (Wildman–Crippen LogP) is 3.00. The maximum atomic E-state index is 14.7. The molecule has 3 heterocycles. The zero-order valence-corrected chi connectivity index (χ0v) is 16.5. The van der Waals surface area contributed by atoms with Crippen LogP contribution in [0.3, 0.4) is 0 Å². The van der Waals surface area contributed by atoms with E-state index in [1.54, 1.807) is 17.1 Å². The molecular formula is C20H21FN8. The van der Waals surface area contributed by atoms with Crippen molar-refractivity contribution >= 4 is 5.82 Å². The molecule has 0 aliphatic carbocycles. The van der Waals surface area contributed by atoms with Crippen LogP contribution in [0.25, 0.3) is 22.8 Å². The quantitative estimate of drug-likeness (QED) is 0.560. The molecule has 3 aromatic heterocycles. The third-order valence-corrected chi connectivity index (χ3v) is 4.93. The van der Waals surface area contributed by atoms with Gasteiger partial charge in [0.1, 0.15) is 11.4 Å². The largest absolute Gasteiger partial charge is 0.381 e. The van der Waals surface area contributed by atoms with Crippen LogP contribution in [-0.4, -0.2) is 34.7 Å². The number of nitrogens with two attached hydrogens (primary N) is 1. The van der Waals surface area contributed by atoms with Crippen molar-refractivity contribution in [3.05, 3.63) is 59.3 Å². The first kappa shape index (κ1) is 18.7. The van der Waals surface area contributed by atoms with Gasteiger partial charge in [-0.3, -0.25) is 4.68 Å². The van der Waals surface area contributed by atoms with E-state index in [1.165, 1.54) is 0 Å². The van der Waals surface area contributed by atoms with Gasteiger partial charge in [0.15, 0.2) is 17.5 Å². The van der Waals surface area contributed by atoms with Gasteiger partial charge in [-0.05, 0) is 38.0 Å². The molecule has 0 fully saturated rings. The summed E-state index contributed by atoms with van der Waals surface area (Å²) in [7, 11) is 0. The minimum absolute atomic E-state index is 0.0312. The van der Waals surface area contributed by atoms with Crippen LogP contribution < -0.4 is 5.73 Å². The average molecular weight is 392 g/mol. The molecular weight excluding hydrogens is 371 g/mol. The van der Waals surface area contributed by atoms with E-state index in [-0.39, 0.29) is 11.5 Å². The van der Waals surface area contributed by atoms with Gasteiger partial charge in [0.25, 0.3) is 0 Å². The lowest BCUT2D eigenvalue weighted by Gasteiger charge is -2.10. The van der Waals surface area contributed by atoms with Gasteiger partial charge in [0.05, 0.1) is 18.4 Å². The van der Waals surface area contributed by atoms with Gasteiger partial charge in [-0.1, -0.05) is 23.4 Å². The fraction of sp³-hybridized carbons (Fsp3) is 0.250. The number of aromatic nitrogens is 7. The van der Waals surface area contributed by atoms with Gasteiger partial charge >= 0.3 is 0 Å². The fourth-order valence-corrected chi connectivity index (χ4v) is 3.18. The molecule has 0 amide bonds. The second-order valence-electron chi connectivity index (χ2n) is 6.78. The summed E-state index contributed by atoms with van der Waals surface area (Å²) in [6, 6.07) is 7.71. The van der Waals surface area contributed by atoms with Gasteiger partial charge < -0.3 is 5.73 Å². The first-order valence-corrected chi connectivity index (χ1v) is 9.28. The van der Waals surface area contributed by atoms with Gasteiger partial charge in [-0.15, -0.1) is 5.10 Å². The molecule has 0 spiro atoms. The first-order chi connectivity index (χ1) is 14.0. The summed E-state index contributed by atoms with van der Waals surface area (Å²) in [5.74, 6) is -0.562. The van der Waals surface area contributed by atoms with E-state index in [0.29, 0.717) is 18.1 Å². The summed E-state index contributed by atoms with van der Waals surface area (Å²) in [6.07, 6.45) is 3.38. The minimum Gasteiger partial charge on any atom is -0.381 e. The Kier molecular flexibility index (Phi) is 4.79. The molecule has 0 unspecified atom stereocenters. The van der Waals surface area contributed by atoms with Crippen LogP contribution in [0, 0.1) is 19.7 Å². The lowest BCUT2D eigenvalue weighted by atomic mass is 10.0. The first-order valence-electron chi connectivity index (χ1n) is 9.28. The van der Waals surface area contributed by atoms with Crippen molar-refractivity contribution in [2.24, 2.45) is 0 Å². The maximum Gasteiger partial charge on any atom is 0.193 e. The molecule has 148 valence electrons. The Balaban J connectivity index is 1.73. The molecule has 0 aliphatic rings. The van der Waals surface area contributed by atoms with E-state index in [9.17, 15) is 4.39 Å². The molecule has 2 N–H and O–H groups in total. The number of hydrogen-bond acceptors (Lipinski definition) is 6. The highest BCUT2D eigenvalue weighted by molar-refractivity contribution is 5.67. The summed E-state index contributed by atoms with van der Waals surface area (Å²) in [5, 5.41) is 12.4. The van der Waals surface area contributed by atoms with Crippen molar-refractivity contribution in [2.45, 2.75) is 33.9 Å². The molecule has 8 nitrogen and oxygen atoms in total. The topological polar surface area (TPSA) is 100 Å². The highest BCUT2D eigenvalue weighted by atomic mass is 19.1. The molecule has 4 rings (SSSR count). The van der Waals surface area contributed by atoms with Crippen molar-refractivity contribution < 1.29 is 4.39 Å². The summed E-state index contributed by atoms with van der Waals surface area (Å²) in [4.78, 5) is 8.57. The van der Waals surface area contributed by atoms with Gasteiger partial charge in [0.2, 0.25) is 0 Å². The average Bonchev–Trinajstić information content (AvgIpc) is 3.36. The van der Waals surface area contributed by atoms with Crippen molar-refractivity contribution in [1.29, 1.82) is 0 Å². The van der Waals surface area contributed by atoms with Crippen LogP contribution in [0.1, 0.15) is 23.7 Å². The van der Waals surface area contributed by atoms with Gasteiger partial charge in [0, 0.05) is 18.3 Å². The Morgan fingerprint density at radius 2 is 1.97 bits per heavy atom. The Labute approximate surface area is 167 Å². The standard InChI is InChI=1S/C20H21FN8/c1-4-29-14(8-9-23-29)10-28-11-16(26-27-28)18-17(21)19(22)25-20(24-18)15-7-5-6-12(2)13(15)3/h5-9,11H,4,10H2,1-3H3,(H2,22,24,25). The van der Waals surface area contributed by atoms with Crippen molar-refractivity contribution in [3.63, 3.8) is 0 Å². The fourth-order valence-electron chi connectivity index (χ4n) is 3.18. The van der Waals surface area contributed by atoms with Crippen LogP contribution >= 0.6 is 0 Å². The number of halogens is 1. The van der Waals surface area contributed by atoms with E-state index in [1.807, 2.05) is 49.7 Å². The van der Waals surface area contributed by atoms with E-state index >= 15 is 0 Å². The van der Waals surface area contributed by atoms with E-state index in [4.69, 9.17) is 5.73 Å². The summed E-state index contributed by atoms with van der Waals surface area (Å²) >= 11 is 0. The van der Waals surface area contributed by atoms with Crippen LogP contribution in [0.5, 0.6) is 0 Å². The second kappa shape index (κ2) is 7.42. The zero-order valence-electron chi connectivity index (χ0n) is 16.5. The highest BCUT2D eigenvalue weighted by Crippen LogP contribution is 2.28. The lowest BCUT2D eigenvalue weighted by molar-refractivity contribution is 0.566. The van der Waals surface area contributed by atoms with Gasteiger partial charge in [-0.2, -0.15) is 5.10 Å². The Bertz CT molecular complexity index is 1180. The second-order valence-corrected chi connectivity index (χ2v) is 6.78. The molecule has 0 bridgehead atoms. The molecule has 0 aliphatic heterocycles. The number of aryl methyl sites for hydroxylation is 2. The smallest absolute Gasteiger partial charge is 0.193 e. The van der Waals surface area contributed by atoms with Gasteiger partial charge in [-0.25, -0.2) is 19.0 Å². The summed E-state index contributed by atoms with van der Waals surface area (Å²) in [6.45, 7) is 7.20. The molecule has 9 heteroatoms. The van der Waals surface area contributed by atoms with Crippen LogP contribution in [0.2, 0.25) is 0 Å². The normalized spacial score (nSPS) is 11.2.